The molecule has 0 aromatic carbocycles. The second kappa shape index (κ2) is 10.4. The van der Waals surface area contributed by atoms with E-state index < -0.39 is 24.7 Å². The average molecular weight is 396 g/mol. The quantitative estimate of drug-likeness (QED) is 0.663. The molecule has 2 amide bonds. The molecule has 0 spiro atoms. The van der Waals surface area contributed by atoms with E-state index in [-0.39, 0.29) is 17.4 Å². The Morgan fingerprint density at radius 3 is 2.31 bits per heavy atom. The molecule has 0 aliphatic carbocycles. The number of carbonyl (C=O) groups excluding carboxylic acids is 2. The zero-order valence-electron chi connectivity index (χ0n) is 14.8. The Morgan fingerprint density at radius 1 is 1.04 bits per heavy atom. The lowest BCUT2D eigenvalue weighted by atomic mass is 10.1. The zero-order chi connectivity index (χ0) is 19.0. The predicted molar refractivity (Wildman–Crippen MR) is 95.1 cm³/mol. The van der Waals surface area contributed by atoms with Crippen LogP contribution in [-0.4, -0.2) is 91.2 Å². The molecule has 2 saturated heterocycles. The van der Waals surface area contributed by atoms with Gasteiger partial charge in [-0.2, -0.15) is 13.2 Å². The van der Waals surface area contributed by atoms with Crippen LogP contribution in [0.5, 0.6) is 0 Å². The Bertz CT molecular complexity index is 467. The SMILES string of the molecule is O=C(CSCC(=O)N1CCCCC1)NCC(N1CCNCC1)C(F)(F)F. The lowest BCUT2D eigenvalue weighted by Gasteiger charge is -2.35. The van der Waals surface area contributed by atoms with Crippen molar-refractivity contribution in [3.63, 3.8) is 0 Å². The van der Waals surface area contributed by atoms with Gasteiger partial charge in [0.1, 0.15) is 6.04 Å². The molecule has 2 rings (SSSR count). The number of carbonyl (C=O) groups is 2. The largest absolute Gasteiger partial charge is 0.405 e. The van der Waals surface area contributed by atoms with E-state index in [0.29, 0.717) is 26.2 Å². The number of amides is 2. The number of rotatable bonds is 7. The van der Waals surface area contributed by atoms with Gasteiger partial charge in [-0.05, 0) is 19.3 Å². The third kappa shape index (κ3) is 6.96. The summed E-state index contributed by atoms with van der Waals surface area (Å²) < 4.78 is 39.7. The molecule has 150 valence electrons. The van der Waals surface area contributed by atoms with Crippen LogP contribution < -0.4 is 10.6 Å². The van der Waals surface area contributed by atoms with E-state index in [1.54, 1.807) is 4.90 Å². The Kier molecular flexibility index (Phi) is 8.49. The van der Waals surface area contributed by atoms with Crippen molar-refractivity contribution in [3.8, 4) is 0 Å². The van der Waals surface area contributed by atoms with Gasteiger partial charge in [0.15, 0.2) is 0 Å². The molecule has 26 heavy (non-hydrogen) atoms. The van der Waals surface area contributed by atoms with E-state index in [9.17, 15) is 22.8 Å². The van der Waals surface area contributed by atoms with Gasteiger partial charge in [-0.15, -0.1) is 11.8 Å². The second-order valence-corrected chi connectivity index (χ2v) is 7.57. The van der Waals surface area contributed by atoms with E-state index in [1.807, 2.05) is 0 Å². The molecule has 0 bridgehead atoms. The Balaban J connectivity index is 1.69. The van der Waals surface area contributed by atoms with Gasteiger partial charge in [-0.1, -0.05) is 0 Å². The van der Waals surface area contributed by atoms with Gasteiger partial charge < -0.3 is 15.5 Å². The van der Waals surface area contributed by atoms with E-state index >= 15 is 0 Å². The number of hydrogen-bond acceptors (Lipinski definition) is 5. The van der Waals surface area contributed by atoms with Gasteiger partial charge in [0.2, 0.25) is 11.8 Å². The van der Waals surface area contributed by atoms with Crippen LogP contribution in [0.3, 0.4) is 0 Å². The van der Waals surface area contributed by atoms with Crippen LogP contribution in [0.15, 0.2) is 0 Å². The average Bonchev–Trinajstić information content (AvgIpc) is 2.62. The first-order chi connectivity index (χ1) is 12.4. The molecular weight excluding hydrogens is 369 g/mol. The summed E-state index contributed by atoms with van der Waals surface area (Å²) in [5.41, 5.74) is 0. The Hall–Kier alpha value is -1.00. The van der Waals surface area contributed by atoms with Gasteiger partial charge in [0.05, 0.1) is 11.5 Å². The van der Waals surface area contributed by atoms with Crippen LogP contribution >= 0.6 is 11.8 Å². The van der Waals surface area contributed by atoms with Crippen molar-refractivity contribution in [1.82, 2.24) is 20.4 Å². The molecule has 1 atom stereocenters. The predicted octanol–water partition coefficient (Wildman–Crippen LogP) is 0.684. The smallest absolute Gasteiger partial charge is 0.353 e. The number of nitrogens with one attached hydrogen (secondary N) is 2. The normalized spacial score (nSPS) is 20.7. The maximum absolute atomic E-state index is 13.2. The third-order valence-electron chi connectivity index (χ3n) is 4.63. The minimum Gasteiger partial charge on any atom is -0.353 e. The molecule has 0 aromatic rings. The van der Waals surface area contributed by atoms with Gasteiger partial charge >= 0.3 is 6.18 Å². The van der Waals surface area contributed by atoms with Crippen LogP contribution in [0.1, 0.15) is 19.3 Å². The lowest BCUT2D eigenvalue weighted by Crippen LogP contribution is -2.57. The number of halogens is 3. The first-order valence-corrected chi connectivity index (χ1v) is 10.2. The van der Waals surface area contributed by atoms with E-state index in [1.165, 1.54) is 4.90 Å². The highest BCUT2D eigenvalue weighted by atomic mass is 32.2. The zero-order valence-corrected chi connectivity index (χ0v) is 15.6. The van der Waals surface area contributed by atoms with Crippen LogP contribution in [0.2, 0.25) is 0 Å². The highest BCUT2D eigenvalue weighted by Gasteiger charge is 2.43. The summed E-state index contributed by atoms with van der Waals surface area (Å²) in [6.45, 7) is 2.68. The molecule has 2 fully saturated rings. The maximum Gasteiger partial charge on any atom is 0.405 e. The molecule has 6 nitrogen and oxygen atoms in total. The topological polar surface area (TPSA) is 64.7 Å². The van der Waals surface area contributed by atoms with E-state index in [4.69, 9.17) is 0 Å². The van der Waals surface area contributed by atoms with Gasteiger partial charge in [-0.25, -0.2) is 0 Å². The van der Waals surface area contributed by atoms with Gasteiger partial charge in [0, 0.05) is 45.8 Å². The molecular formula is C16H27F3N4O2S. The minimum atomic E-state index is -4.39. The van der Waals surface area contributed by atoms with Crippen molar-refractivity contribution in [1.29, 1.82) is 0 Å². The summed E-state index contributed by atoms with van der Waals surface area (Å²) in [4.78, 5) is 27.0. The standard InChI is InChI=1S/C16H27F3N4O2S/c17-16(18,19)13(22-8-4-20-5-9-22)10-21-14(24)11-26-12-15(25)23-6-2-1-3-7-23/h13,20H,1-12H2,(H,21,24). The molecule has 1 unspecified atom stereocenters. The number of alkyl halides is 3. The number of likely N-dealkylation sites (tertiary alicyclic amines) is 1. The van der Waals surface area contributed by atoms with Crippen LogP contribution in [-0.2, 0) is 9.59 Å². The number of piperazine rings is 1. The fourth-order valence-corrected chi connectivity index (χ4v) is 3.92. The summed E-state index contributed by atoms with van der Waals surface area (Å²) in [7, 11) is 0. The van der Waals surface area contributed by atoms with E-state index in [0.717, 1.165) is 44.1 Å². The van der Waals surface area contributed by atoms with Crippen LogP contribution in [0, 0.1) is 0 Å². The monoisotopic (exact) mass is 396 g/mol. The molecule has 2 aliphatic rings. The van der Waals surface area contributed by atoms with Crippen molar-refractivity contribution in [3.05, 3.63) is 0 Å². The van der Waals surface area contributed by atoms with Crippen LogP contribution in [0.25, 0.3) is 0 Å². The summed E-state index contributed by atoms with van der Waals surface area (Å²) in [5, 5.41) is 5.39. The molecule has 0 aromatic heterocycles. The van der Waals surface area contributed by atoms with Gasteiger partial charge in [0.25, 0.3) is 0 Å². The molecule has 10 heteroatoms. The highest BCUT2D eigenvalue weighted by Crippen LogP contribution is 2.24. The second-order valence-electron chi connectivity index (χ2n) is 6.58. The fourth-order valence-electron chi connectivity index (χ4n) is 3.17. The Labute approximate surface area is 156 Å². The first kappa shape index (κ1) is 21.3. The van der Waals surface area contributed by atoms with Crippen molar-refractivity contribution in [2.45, 2.75) is 31.5 Å². The highest BCUT2D eigenvalue weighted by molar-refractivity contribution is 8.00. The molecule has 2 heterocycles. The summed E-state index contributed by atoms with van der Waals surface area (Å²) in [6, 6.07) is -1.67. The number of thioether (sulfide) groups is 1. The number of piperidine rings is 1. The number of hydrogen-bond donors (Lipinski definition) is 2. The van der Waals surface area contributed by atoms with Gasteiger partial charge in [-0.3, -0.25) is 14.5 Å². The number of nitrogens with zero attached hydrogens (tertiary/aromatic N) is 2. The van der Waals surface area contributed by atoms with E-state index in [2.05, 4.69) is 10.6 Å². The van der Waals surface area contributed by atoms with Crippen molar-refractivity contribution in [2.75, 3.05) is 57.3 Å². The summed E-state index contributed by atoms with van der Waals surface area (Å²) in [6.07, 6.45) is -1.25. The molecule has 2 N–H and O–H groups in total. The molecule has 2 aliphatic heterocycles. The van der Waals surface area contributed by atoms with Crippen molar-refractivity contribution >= 4 is 23.6 Å². The van der Waals surface area contributed by atoms with Crippen molar-refractivity contribution in [2.24, 2.45) is 0 Å². The maximum atomic E-state index is 13.2. The lowest BCUT2D eigenvalue weighted by molar-refractivity contribution is -0.183. The summed E-state index contributed by atoms with van der Waals surface area (Å²) >= 11 is 1.15. The van der Waals surface area contributed by atoms with Crippen molar-refractivity contribution < 1.29 is 22.8 Å². The molecule has 0 saturated carbocycles. The third-order valence-corrected chi connectivity index (χ3v) is 5.55. The minimum absolute atomic E-state index is 0.00325. The Morgan fingerprint density at radius 2 is 1.69 bits per heavy atom. The fraction of sp³-hybridized carbons (Fsp3) is 0.875. The molecule has 0 radical (unpaired) electrons. The van der Waals surface area contributed by atoms with Crippen LogP contribution in [0.4, 0.5) is 13.2 Å². The summed E-state index contributed by atoms with van der Waals surface area (Å²) in [5.74, 6) is -0.290. The first-order valence-electron chi connectivity index (χ1n) is 9.01.